The first-order valence-electron chi connectivity index (χ1n) is 9.00. The van der Waals surface area contributed by atoms with Gasteiger partial charge in [-0.25, -0.2) is 13.6 Å². The Labute approximate surface area is 169 Å². The van der Waals surface area contributed by atoms with Gasteiger partial charge < -0.3 is 14.4 Å². The van der Waals surface area contributed by atoms with Crippen LogP contribution in [0.4, 0.5) is 8.78 Å². The van der Waals surface area contributed by atoms with Crippen LogP contribution in [0.15, 0.2) is 59.5 Å². The van der Waals surface area contributed by atoms with Gasteiger partial charge in [0.25, 0.3) is 5.78 Å². The molecule has 0 radical (unpaired) electrons. The van der Waals surface area contributed by atoms with Crippen molar-refractivity contribution in [2.24, 2.45) is 0 Å². The topological polar surface area (TPSA) is 85.6 Å². The fourth-order valence-electron chi connectivity index (χ4n) is 2.95. The van der Waals surface area contributed by atoms with Crippen molar-refractivity contribution in [1.29, 1.82) is 0 Å². The van der Waals surface area contributed by atoms with Crippen LogP contribution in [0.25, 0.3) is 16.7 Å². The molecular weight excluding hydrogens is 396 g/mol. The van der Waals surface area contributed by atoms with Gasteiger partial charge in [0, 0.05) is 29.3 Å². The van der Waals surface area contributed by atoms with Crippen LogP contribution in [0.5, 0.6) is 0 Å². The number of aromatic nitrogens is 1. The molecule has 1 N–H and O–H groups in total. The molecule has 0 amide bonds. The Morgan fingerprint density at radius 3 is 2.60 bits per heavy atom. The zero-order valence-electron chi connectivity index (χ0n) is 15.9. The molecule has 3 aromatic rings. The van der Waals surface area contributed by atoms with Gasteiger partial charge in [0.15, 0.2) is 5.43 Å². The van der Waals surface area contributed by atoms with Gasteiger partial charge in [-0.2, -0.15) is 0 Å². The number of ketones is 1. The number of fused-ring (bicyclic) bond motifs is 1. The highest BCUT2D eigenvalue weighted by Gasteiger charge is 2.18. The highest BCUT2D eigenvalue weighted by molar-refractivity contribution is 6.39. The van der Waals surface area contributed by atoms with Crippen LogP contribution in [0.1, 0.15) is 18.1 Å². The molecule has 154 valence electrons. The Balaban J connectivity index is 2.12. The summed E-state index contributed by atoms with van der Waals surface area (Å²) in [5.41, 5.74) is -0.234. The lowest BCUT2D eigenvalue weighted by atomic mass is 10.1. The number of ether oxygens (including phenoxy) is 1. The third-order valence-electron chi connectivity index (χ3n) is 4.36. The Morgan fingerprint density at radius 1 is 1.17 bits per heavy atom. The number of hydrogen-bond donors (Lipinski definition) is 1. The number of carbonyl (C=O) groups is 2. The molecule has 0 bridgehead atoms. The van der Waals surface area contributed by atoms with Gasteiger partial charge in [0.05, 0.1) is 24.2 Å². The van der Waals surface area contributed by atoms with E-state index in [1.54, 1.807) is 18.2 Å². The number of esters is 1. The second-order valence-electron chi connectivity index (χ2n) is 6.37. The largest absolute Gasteiger partial charge is 0.507 e. The molecule has 30 heavy (non-hydrogen) atoms. The lowest BCUT2D eigenvalue weighted by Gasteiger charge is -2.14. The van der Waals surface area contributed by atoms with Crippen molar-refractivity contribution in [3.63, 3.8) is 0 Å². The minimum absolute atomic E-state index is 0.0226. The smallest absolute Gasteiger partial charge is 0.379 e. The van der Waals surface area contributed by atoms with Gasteiger partial charge in [0.1, 0.15) is 17.4 Å². The van der Waals surface area contributed by atoms with E-state index < -0.39 is 34.6 Å². The first kappa shape index (κ1) is 20.9. The van der Waals surface area contributed by atoms with E-state index in [0.717, 1.165) is 12.1 Å². The van der Waals surface area contributed by atoms with Gasteiger partial charge in [-0.15, -0.1) is 0 Å². The van der Waals surface area contributed by atoms with Crippen LogP contribution < -0.4 is 5.43 Å². The zero-order valence-corrected chi connectivity index (χ0v) is 15.9. The molecule has 2 aromatic carbocycles. The number of hydrogen-bond acceptors (Lipinski definition) is 5. The quantitative estimate of drug-likeness (QED) is 0.290. The number of para-hydroxylation sites is 1. The number of aliphatic hydroxyl groups is 1. The van der Waals surface area contributed by atoms with Crippen LogP contribution >= 0.6 is 0 Å². The lowest BCUT2D eigenvalue weighted by Crippen LogP contribution is -2.18. The first-order chi connectivity index (χ1) is 14.3. The maximum atomic E-state index is 14.1. The van der Waals surface area contributed by atoms with Gasteiger partial charge >= 0.3 is 5.97 Å². The summed E-state index contributed by atoms with van der Waals surface area (Å²) in [5, 5.41) is 10.5. The number of halogens is 2. The van der Waals surface area contributed by atoms with Crippen molar-refractivity contribution in [3.8, 4) is 0 Å². The van der Waals surface area contributed by atoms with Crippen molar-refractivity contribution < 1.29 is 28.2 Å². The van der Waals surface area contributed by atoms with Crippen LogP contribution in [0, 0.1) is 11.6 Å². The molecule has 0 unspecified atom stereocenters. The van der Waals surface area contributed by atoms with E-state index in [1.807, 2.05) is 0 Å². The van der Waals surface area contributed by atoms with E-state index in [0.29, 0.717) is 11.6 Å². The Kier molecular flexibility index (Phi) is 6.06. The number of nitrogens with zero attached hydrogens (tertiary/aromatic N) is 1. The average molecular weight is 413 g/mol. The fraction of sp³-hybridized carbons (Fsp3) is 0.136. The maximum absolute atomic E-state index is 14.1. The number of pyridine rings is 1. The second-order valence-corrected chi connectivity index (χ2v) is 6.37. The highest BCUT2D eigenvalue weighted by atomic mass is 19.1. The number of benzene rings is 2. The van der Waals surface area contributed by atoms with Gasteiger partial charge in [0.2, 0.25) is 0 Å². The number of carbonyl (C=O) groups excluding carboxylic acids is 2. The lowest BCUT2D eigenvalue weighted by molar-refractivity contribution is -0.151. The molecule has 1 heterocycles. The normalized spacial score (nSPS) is 11.5. The van der Waals surface area contributed by atoms with Crippen LogP contribution in [-0.4, -0.2) is 28.0 Å². The van der Waals surface area contributed by atoms with Gasteiger partial charge in [-0.05, 0) is 25.1 Å². The van der Waals surface area contributed by atoms with Crippen molar-refractivity contribution >= 4 is 28.4 Å². The minimum Gasteiger partial charge on any atom is -0.507 e. The summed E-state index contributed by atoms with van der Waals surface area (Å²) in [7, 11) is 0. The van der Waals surface area contributed by atoms with Gasteiger partial charge in [-0.1, -0.05) is 18.2 Å². The van der Waals surface area contributed by atoms with E-state index in [1.165, 1.54) is 29.8 Å². The molecule has 0 saturated carbocycles. The van der Waals surface area contributed by atoms with Crippen molar-refractivity contribution in [2.45, 2.75) is 13.5 Å². The monoisotopic (exact) mass is 413 g/mol. The molecule has 1 aromatic heterocycles. The predicted octanol–water partition coefficient (Wildman–Crippen LogP) is 3.36. The number of aliphatic hydroxyl groups excluding tert-OH is 1. The van der Waals surface area contributed by atoms with E-state index in [2.05, 4.69) is 4.74 Å². The molecule has 3 rings (SSSR count). The molecule has 0 aliphatic carbocycles. The molecule has 0 fully saturated rings. The zero-order chi connectivity index (χ0) is 21.8. The summed E-state index contributed by atoms with van der Waals surface area (Å²) in [5.74, 6) is -4.51. The molecular formula is C22H17F2NO5. The maximum Gasteiger partial charge on any atom is 0.379 e. The Hall–Kier alpha value is -3.81. The number of rotatable bonds is 6. The van der Waals surface area contributed by atoms with Crippen LogP contribution in [-0.2, 0) is 20.9 Å². The van der Waals surface area contributed by atoms with E-state index in [4.69, 9.17) is 0 Å². The summed E-state index contributed by atoms with van der Waals surface area (Å²) in [4.78, 5) is 36.1. The third kappa shape index (κ3) is 4.27. The van der Waals surface area contributed by atoms with Gasteiger partial charge in [-0.3, -0.25) is 9.59 Å². The minimum atomic E-state index is -1.17. The SMILES string of the molecule is CCOC(=O)C(=O)/C=C(\O)c1cn(Cc2ccc(F)cc2F)c2ccccc2c1=O. The van der Waals surface area contributed by atoms with Crippen LogP contribution in [0.2, 0.25) is 0 Å². The first-order valence-corrected chi connectivity index (χ1v) is 9.00. The second kappa shape index (κ2) is 8.69. The summed E-state index contributed by atoms with van der Waals surface area (Å²) in [6, 6.07) is 9.57. The fourth-order valence-corrected chi connectivity index (χ4v) is 2.95. The van der Waals surface area contributed by atoms with E-state index >= 15 is 0 Å². The molecule has 6 nitrogen and oxygen atoms in total. The summed E-state index contributed by atoms with van der Waals surface area (Å²) >= 11 is 0. The summed E-state index contributed by atoms with van der Waals surface area (Å²) in [6.45, 7) is 1.43. The van der Waals surface area contributed by atoms with Crippen molar-refractivity contribution in [3.05, 3.63) is 87.7 Å². The highest BCUT2D eigenvalue weighted by Crippen LogP contribution is 2.19. The summed E-state index contributed by atoms with van der Waals surface area (Å²) < 4.78 is 33.4. The molecule has 0 aliphatic heterocycles. The summed E-state index contributed by atoms with van der Waals surface area (Å²) in [6.07, 6.45) is 1.85. The molecule has 0 saturated heterocycles. The molecule has 0 atom stereocenters. The Bertz CT molecular complexity index is 1230. The third-order valence-corrected chi connectivity index (χ3v) is 4.36. The standard InChI is InChI=1S/C22H17F2NO5/c1-2-30-22(29)20(27)10-19(26)16-12-25(11-13-7-8-14(23)9-17(13)24)18-6-4-3-5-15(18)21(16)28/h3-10,12,26H,2,11H2,1H3/b19-10-. The van der Waals surface area contributed by atoms with Crippen molar-refractivity contribution in [2.75, 3.05) is 6.61 Å². The predicted molar refractivity (Wildman–Crippen MR) is 106 cm³/mol. The van der Waals surface area contributed by atoms with E-state index in [9.17, 15) is 28.3 Å². The molecule has 0 aliphatic rings. The average Bonchev–Trinajstić information content (AvgIpc) is 2.72. The molecule has 8 heteroatoms. The van der Waals surface area contributed by atoms with E-state index in [-0.39, 0.29) is 29.7 Å². The molecule has 0 spiro atoms. The van der Waals surface area contributed by atoms with Crippen molar-refractivity contribution in [1.82, 2.24) is 4.57 Å². The van der Waals surface area contributed by atoms with Crippen LogP contribution in [0.3, 0.4) is 0 Å². The Morgan fingerprint density at radius 2 is 1.90 bits per heavy atom.